The van der Waals surface area contributed by atoms with Crippen LogP contribution in [0.3, 0.4) is 0 Å². The van der Waals surface area contributed by atoms with E-state index in [2.05, 4.69) is 89.3 Å². The van der Waals surface area contributed by atoms with Crippen LogP contribution in [0.25, 0.3) is 0 Å². The fourth-order valence-electron chi connectivity index (χ4n) is 3.31. The van der Waals surface area contributed by atoms with Gasteiger partial charge in [0.2, 0.25) is 5.91 Å². The lowest BCUT2D eigenvalue weighted by Crippen LogP contribution is -2.28. The first-order valence-electron chi connectivity index (χ1n) is 9.66. The summed E-state index contributed by atoms with van der Waals surface area (Å²) in [4.78, 5) is 12.5. The van der Waals surface area contributed by atoms with Gasteiger partial charge in [-0.3, -0.25) is 4.79 Å². The molecule has 0 radical (unpaired) electrons. The number of benzene rings is 2. The fraction of sp³-hybridized carbons (Fsp3) is 0.458. The molecular weight excluding hydrogens is 318 g/mol. The molecule has 140 valence electrons. The molecule has 2 heteroatoms. The maximum atomic E-state index is 12.5. The number of carbonyl (C=O) groups is 1. The summed E-state index contributed by atoms with van der Waals surface area (Å²) < 4.78 is 0. The first-order valence-corrected chi connectivity index (χ1v) is 9.66. The van der Waals surface area contributed by atoms with Crippen molar-refractivity contribution in [3.63, 3.8) is 0 Å². The topological polar surface area (TPSA) is 29.1 Å². The Hall–Kier alpha value is -2.09. The molecule has 0 aliphatic heterocycles. The minimum absolute atomic E-state index is 0.0892. The van der Waals surface area contributed by atoms with Gasteiger partial charge in [-0.05, 0) is 54.4 Å². The van der Waals surface area contributed by atoms with Gasteiger partial charge in [-0.15, -0.1) is 0 Å². The van der Waals surface area contributed by atoms with E-state index in [1.165, 1.54) is 27.8 Å². The second-order valence-electron chi connectivity index (χ2n) is 8.34. The predicted octanol–water partition coefficient (Wildman–Crippen LogP) is 5.80. The highest BCUT2D eigenvalue weighted by atomic mass is 16.1. The number of hydrogen-bond acceptors (Lipinski definition) is 1. The average Bonchev–Trinajstić information content (AvgIpc) is 2.58. The van der Waals surface area contributed by atoms with E-state index in [1.54, 1.807) is 0 Å². The summed E-state index contributed by atoms with van der Waals surface area (Å²) in [7, 11) is 0. The zero-order valence-electron chi connectivity index (χ0n) is 17.1. The van der Waals surface area contributed by atoms with Crippen molar-refractivity contribution in [3.05, 3.63) is 70.3 Å². The molecule has 0 aliphatic carbocycles. The maximum Gasteiger partial charge on any atom is 0.220 e. The quantitative estimate of drug-likeness (QED) is 0.700. The van der Waals surface area contributed by atoms with Crippen molar-refractivity contribution in [1.29, 1.82) is 0 Å². The lowest BCUT2D eigenvalue weighted by Gasteiger charge is -2.20. The number of nitrogens with one attached hydrogen (secondary N) is 1. The summed E-state index contributed by atoms with van der Waals surface area (Å²) in [6, 6.07) is 15.2. The SMILES string of the molecule is CC[C@H](NC(=O)CCc1ccc(C(C)(C)C)cc1)c1ccc(C)cc1C. The summed E-state index contributed by atoms with van der Waals surface area (Å²) in [5.41, 5.74) is 6.43. The predicted molar refractivity (Wildman–Crippen MR) is 111 cm³/mol. The van der Waals surface area contributed by atoms with Crippen molar-refractivity contribution < 1.29 is 4.79 Å². The van der Waals surface area contributed by atoms with Gasteiger partial charge in [0.15, 0.2) is 0 Å². The number of carbonyl (C=O) groups excluding carboxylic acids is 1. The molecule has 1 amide bonds. The van der Waals surface area contributed by atoms with Crippen LogP contribution in [0.1, 0.15) is 74.4 Å². The van der Waals surface area contributed by atoms with Crippen molar-refractivity contribution in [2.75, 3.05) is 0 Å². The first-order chi connectivity index (χ1) is 12.2. The van der Waals surface area contributed by atoms with Crippen LogP contribution in [0, 0.1) is 13.8 Å². The van der Waals surface area contributed by atoms with Gasteiger partial charge < -0.3 is 5.32 Å². The second kappa shape index (κ2) is 8.53. The molecule has 0 saturated heterocycles. The van der Waals surface area contributed by atoms with E-state index in [4.69, 9.17) is 0 Å². The molecule has 0 aliphatic rings. The van der Waals surface area contributed by atoms with Crippen LogP contribution < -0.4 is 5.32 Å². The molecule has 0 saturated carbocycles. The Morgan fingerprint density at radius 1 is 1.04 bits per heavy atom. The smallest absolute Gasteiger partial charge is 0.220 e. The first kappa shape index (κ1) is 20.2. The Morgan fingerprint density at radius 2 is 1.69 bits per heavy atom. The third-order valence-electron chi connectivity index (χ3n) is 5.00. The van der Waals surface area contributed by atoms with Gasteiger partial charge in [0.1, 0.15) is 0 Å². The molecule has 0 heterocycles. The van der Waals surface area contributed by atoms with E-state index in [1.807, 2.05) is 0 Å². The monoisotopic (exact) mass is 351 g/mol. The van der Waals surface area contributed by atoms with Crippen LogP contribution in [0.15, 0.2) is 42.5 Å². The molecule has 2 aromatic carbocycles. The molecular formula is C24H33NO. The Morgan fingerprint density at radius 3 is 2.23 bits per heavy atom. The highest BCUT2D eigenvalue weighted by molar-refractivity contribution is 5.76. The average molecular weight is 352 g/mol. The minimum Gasteiger partial charge on any atom is -0.349 e. The summed E-state index contributed by atoms with van der Waals surface area (Å²) >= 11 is 0. The molecule has 0 fully saturated rings. The lowest BCUT2D eigenvalue weighted by atomic mass is 9.86. The molecule has 1 N–H and O–H groups in total. The normalized spacial score (nSPS) is 12.7. The molecule has 0 aromatic heterocycles. The van der Waals surface area contributed by atoms with Gasteiger partial charge in [0.05, 0.1) is 6.04 Å². The largest absolute Gasteiger partial charge is 0.349 e. The van der Waals surface area contributed by atoms with Gasteiger partial charge >= 0.3 is 0 Å². The van der Waals surface area contributed by atoms with Gasteiger partial charge in [-0.25, -0.2) is 0 Å². The Balaban J connectivity index is 1.95. The van der Waals surface area contributed by atoms with E-state index in [0.717, 1.165) is 12.8 Å². The van der Waals surface area contributed by atoms with Crippen LogP contribution >= 0.6 is 0 Å². The van der Waals surface area contributed by atoms with Crippen molar-refractivity contribution in [3.8, 4) is 0 Å². The Kier molecular flexibility index (Phi) is 6.63. The number of rotatable bonds is 6. The van der Waals surface area contributed by atoms with Crippen LogP contribution in [0.5, 0.6) is 0 Å². The van der Waals surface area contributed by atoms with E-state index in [-0.39, 0.29) is 17.4 Å². The van der Waals surface area contributed by atoms with Crippen LogP contribution in [-0.4, -0.2) is 5.91 Å². The maximum absolute atomic E-state index is 12.5. The third-order valence-corrected chi connectivity index (χ3v) is 5.00. The second-order valence-corrected chi connectivity index (χ2v) is 8.34. The highest BCUT2D eigenvalue weighted by Gasteiger charge is 2.15. The Labute approximate surface area is 159 Å². The highest BCUT2D eigenvalue weighted by Crippen LogP contribution is 2.23. The van der Waals surface area contributed by atoms with Gasteiger partial charge in [0.25, 0.3) is 0 Å². The molecule has 0 bridgehead atoms. The molecule has 2 rings (SSSR count). The lowest BCUT2D eigenvalue weighted by molar-refractivity contribution is -0.121. The van der Waals surface area contributed by atoms with Gasteiger partial charge in [-0.1, -0.05) is 75.7 Å². The number of aryl methyl sites for hydroxylation is 3. The van der Waals surface area contributed by atoms with Crippen molar-refractivity contribution in [1.82, 2.24) is 5.32 Å². The van der Waals surface area contributed by atoms with Crippen molar-refractivity contribution in [2.24, 2.45) is 0 Å². The van der Waals surface area contributed by atoms with Crippen molar-refractivity contribution >= 4 is 5.91 Å². The number of amides is 1. The minimum atomic E-state index is 0.0892. The summed E-state index contributed by atoms with van der Waals surface area (Å²) in [6.45, 7) is 13.0. The third kappa shape index (κ3) is 5.45. The van der Waals surface area contributed by atoms with Gasteiger partial charge in [-0.2, -0.15) is 0 Å². The molecule has 26 heavy (non-hydrogen) atoms. The van der Waals surface area contributed by atoms with E-state index >= 15 is 0 Å². The van der Waals surface area contributed by atoms with Crippen LogP contribution in [0.4, 0.5) is 0 Å². The summed E-state index contributed by atoms with van der Waals surface area (Å²) in [6.07, 6.45) is 2.20. The summed E-state index contributed by atoms with van der Waals surface area (Å²) in [5, 5.41) is 3.21. The number of hydrogen-bond donors (Lipinski definition) is 1. The molecule has 1 atom stereocenters. The molecule has 2 nitrogen and oxygen atoms in total. The summed E-state index contributed by atoms with van der Waals surface area (Å²) in [5.74, 6) is 0.122. The van der Waals surface area contributed by atoms with E-state index in [9.17, 15) is 4.79 Å². The molecule has 2 aromatic rings. The molecule has 0 unspecified atom stereocenters. The molecule has 0 spiro atoms. The van der Waals surface area contributed by atoms with E-state index < -0.39 is 0 Å². The van der Waals surface area contributed by atoms with Crippen LogP contribution in [0.2, 0.25) is 0 Å². The standard InChI is InChI=1S/C24H33NO/c1-7-22(21-14-8-17(2)16-18(21)3)25-23(26)15-11-19-9-12-20(13-10-19)24(4,5)6/h8-10,12-14,16,22H,7,11,15H2,1-6H3,(H,25,26)/t22-/m0/s1. The van der Waals surface area contributed by atoms with Crippen molar-refractivity contribution in [2.45, 2.75) is 72.3 Å². The Bertz CT molecular complexity index is 738. The van der Waals surface area contributed by atoms with Gasteiger partial charge in [0, 0.05) is 6.42 Å². The zero-order valence-corrected chi connectivity index (χ0v) is 17.1. The van der Waals surface area contributed by atoms with Crippen LogP contribution in [-0.2, 0) is 16.6 Å². The zero-order chi connectivity index (χ0) is 19.3. The van der Waals surface area contributed by atoms with E-state index in [0.29, 0.717) is 6.42 Å². The fourth-order valence-corrected chi connectivity index (χ4v) is 3.31.